The van der Waals surface area contributed by atoms with Gasteiger partial charge in [-0.05, 0) is 92.3 Å². The molecule has 0 spiro atoms. The molecular formula is C30H46O5. The number of carbonyl (C=O) groups excluding carboxylic acids is 1. The number of hydrogen-bond donors (Lipinski definition) is 3. The first-order valence-corrected chi connectivity index (χ1v) is 13.7. The Bertz CT molecular complexity index is 946. The van der Waals surface area contributed by atoms with Crippen molar-refractivity contribution in [1.82, 2.24) is 0 Å². The molecule has 2 fully saturated rings. The normalized spacial score (nSPS) is 43.7. The minimum atomic E-state index is -0.928. The molecule has 0 aromatic rings. The quantitative estimate of drug-likeness (QED) is 0.255. The molecule has 0 bridgehead atoms. The van der Waals surface area contributed by atoms with Gasteiger partial charge in [0.1, 0.15) is 6.29 Å². The maximum absolute atomic E-state index is 12.3. The second-order valence-corrected chi connectivity index (χ2v) is 13.5. The number of fused-ring (bicyclic) bond motifs is 4. The van der Waals surface area contributed by atoms with Crippen molar-refractivity contribution in [3.8, 4) is 0 Å². The smallest absolute Gasteiger partial charge is 0.330 e. The summed E-state index contributed by atoms with van der Waals surface area (Å²) in [5.41, 5.74) is 3.09. The van der Waals surface area contributed by atoms with Gasteiger partial charge in [-0.15, -0.1) is 0 Å². The molecule has 2 saturated carbocycles. The van der Waals surface area contributed by atoms with Crippen LogP contribution in [-0.2, 0) is 9.59 Å². The number of carboxylic acid groups (broad SMARTS) is 1. The minimum absolute atomic E-state index is 0.0902. The molecule has 196 valence electrons. The Morgan fingerprint density at radius 1 is 1.06 bits per heavy atom. The molecule has 0 radical (unpaired) electrons. The summed E-state index contributed by atoms with van der Waals surface area (Å²) in [7, 11) is 0. The molecule has 35 heavy (non-hydrogen) atoms. The van der Waals surface area contributed by atoms with E-state index in [1.807, 2.05) is 0 Å². The average Bonchev–Trinajstić information content (AvgIpc) is 2.99. The zero-order valence-corrected chi connectivity index (χ0v) is 22.6. The molecular weight excluding hydrogens is 440 g/mol. The highest BCUT2D eigenvalue weighted by Gasteiger charge is 2.66. The second-order valence-electron chi connectivity index (χ2n) is 13.5. The van der Waals surface area contributed by atoms with Gasteiger partial charge in [-0.25, -0.2) is 4.79 Å². The van der Waals surface area contributed by atoms with Crippen molar-refractivity contribution in [3.63, 3.8) is 0 Å². The van der Waals surface area contributed by atoms with Gasteiger partial charge in [0.05, 0.1) is 12.2 Å². The van der Waals surface area contributed by atoms with E-state index in [1.165, 1.54) is 5.57 Å². The molecule has 0 saturated heterocycles. The van der Waals surface area contributed by atoms with E-state index in [1.54, 1.807) is 18.6 Å². The van der Waals surface area contributed by atoms with Crippen LogP contribution < -0.4 is 0 Å². The lowest BCUT2D eigenvalue weighted by Crippen LogP contribution is -2.55. The zero-order valence-electron chi connectivity index (χ0n) is 22.6. The van der Waals surface area contributed by atoms with Gasteiger partial charge in [-0.2, -0.15) is 0 Å². The molecule has 0 heterocycles. The number of hydrogen-bond acceptors (Lipinski definition) is 4. The lowest BCUT2D eigenvalue weighted by molar-refractivity contribution is -0.132. The van der Waals surface area contributed by atoms with Crippen molar-refractivity contribution in [2.24, 2.45) is 39.4 Å². The highest BCUT2D eigenvalue weighted by molar-refractivity contribution is 5.85. The van der Waals surface area contributed by atoms with Gasteiger partial charge < -0.3 is 20.1 Å². The summed E-state index contributed by atoms with van der Waals surface area (Å²) in [5.74, 6) is -0.873. The van der Waals surface area contributed by atoms with Gasteiger partial charge in [-0.3, -0.25) is 0 Å². The molecule has 0 aliphatic heterocycles. The number of allylic oxidation sites excluding steroid dienone is 3. The number of aliphatic carboxylic acids is 1. The van der Waals surface area contributed by atoms with Crippen molar-refractivity contribution in [2.45, 2.75) is 112 Å². The summed E-state index contributed by atoms with van der Waals surface area (Å²) in [6.45, 7) is 13.1. The number of carboxylic acids is 1. The number of aliphatic hydroxyl groups excluding tert-OH is 2. The number of aliphatic hydroxyl groups is 2. The third kappa shape index (κ3) is 3.79. The second kappa shape index (κ2) is 8.83. The number of carbonyl (C=O) groups is 2. The Balaban J connectivity index is 1.67. The molecule has 3 N–H and O–H groups in total. The van der Waals surface area contributed by atoms with Crippen molar-refractivity contribution in [2.75, 3.05) is 0 Å². The van der Waals surface area contributed by atoms with Crippen molar-refractivity contribution < 1.29 is 24.9 Å². The third-order valence-electron chi connectivity index (χ3n) is 11.7. The fraction of sp³-hybridized carbons (Fsp3) is 0.800. The summed E-state index contributed by atoms with van der Waals surface area (Å²) in [6, 6.07) is 0. The van der Waals surface area contributed by atoms with Crippen LogP contribution >= 0.6 is 0 Å². The van der Waals surface area contributed by atoms with E-state index in [0.717, 1.165) is 44.8 Å². The van der Waals surface area contributed by atoms with Gasteiger partial charge in [-0.1, -0.05) is 51.8 Å². The van der Waals surface area contributed by atoms with Crippen LogP contribution in [0.3, 0.4) is 0 Å². The highest BCUT2D eigenvalue weighted by Crippen LogP contribution is 2.72. The minimum Gasteiger partial charge on any atom is -0.478 e. The van der Waals surface area contributed by atoms with Crippen LogP contribution in [0.5, 0.6) is 0 Å². The first-order chi connectivity index (χ1) is 16.2. The summed E-state index contributed by atoms with van der Waals surface area (Å²) >= 11 is 0. The monoisotopic (exact) mass is 486 g/mol. The molecule has 4 aliphatic rings. The molecule has 8 unspecified atom stereocenters. The van der Waals surface area contributed by atoms with Crippen LogP contribution in [-0.4, -0.2) is 39.8 Å². The van der Waals surface area contributed by atoms with Crippen LogP contribution in [0.15, 0.2) is 22.8 Å². The average molecular weight is 487 g/mol. The largest absolute Gasteiger partial charge is 0.478 e. The molecule has 0 aromatic carbocycles. The van der Waals surface area contributed by atoms with Crippen LogP contribution in [0.4, 0.5) is 0 Å². The van der Waals surface area contributed by atoms with Crippen molar-refractivity contribution >= 4 is 12.3 Å². The van der Waals surface area contributed by atoms with E-state index in [0.29, 0.717) is 30.8 Å². The first-order valence-electron chi connectivity index (χ1n) is 13.7. The summed E-state index contributed by atoms with van der Waals surface area (Å²) in [4.78, 5) is 23.5. The number of aldehydes is 1. The van der Waals surface area contributed by atoms with Crippen LogP contribution in [0.25, 0.3) is 0 Å². The summed E-state index contributed by atoms with van der Waals surface area (Å²) in [6.07, 6.45) is 9.63. The van der Waals surface area contributed by atoms with Crippen molar-refractivity contribution in [3.05, 3.63) is 22.8 Å². The Morgan fingerprint density at radius 3 is 2.37 bits per heavy atom. The Morgan fingerprint density at radius 2 is 1.74 bits per heavy atom. The van der Waals surface area contributed by atoms with Gasteiger partial charge >= 0.3 is 5.97 Å². The van der Waals surface area contributed by atoms with Crippen molar-refractivity contribution in [1.29, 1.82) is 0 Å². The van der Waals surface area contributed by atoms with E-state index >= 15 is 0 Å². The van der Waals surface area contributed by atoms with Crippen LogP contribution in [0.1, 0.15) is 99.3 Å². The van der Waals surface area contributed by atoms with E-state index in [2.05, 4.69) is 34.6 Å². The maximum Gasteiger partial charge on any atom is 0.330 e. The fourth-order valence-corrected chi connectivity index (χ4v) is 9.45. The fourth-order valence-electron chi connectivity index (χ4n) is 9.45. The Labute approximate surface area is 211 Å². The highest BCUT2D eigenvalue weighted by atomic mass is 16.4. The standard InChI is InChI=1S/C30H46O5/c1-18(26(34)35)8-7-9-19(17-31)25-22(32)16-30(6)21-10-11-23-27(2,3)24(33)13-14-28(23,4)20(21)12-15-29(25,30)5/h8,17,19,22-25,32-33H,7,9-16H2,1-6H3,(H,34,35). The summed E-state index contributed by atoms with van der Waals surface area (Å²) < 4.78 is 0. The molecule has 0 aromatic heterocycles. The lowest BCUT2D eigenvalue weighted by Gasteiger charge is -2.62. The third-order valence-corrected chi connectivity index (χ3v) is 11.7. The van der Waals surface area contributed by atoms with E-state index < -0.39 is 12.1 Å². The van der Waals surface area contributed by atoms with Crippen LogP contribution in [0.2, 0.25) is 0 Å². The molecule has 5 nitrogen and oxygen atoms in total. The topological polar surface area (TPSA) is 94.8 Å². The molecule has 4 rings (SSSR count). The van der Waals surface area contributed by atoms with Crippen LogP contribution in [0, 0.1) is 39.4 Å². The predicted molar refractivity (Wildman–Crippen MR) is 137 cm³/mol. The molecule has 0 amide bonds. The maximum atomic E-state index is 12.3. The van der Waals surface area contributed by atoms with Gasteiger partial charge in [0.25, 0.3) is 0 Å². The first kappa shape index (κ1) is 26.6. The van der Waals surface area contributed by atoms with Gasteiger partial charge in [0, 0.05) is 17.4 Å². The SMILES string of the molecule is CC(=CCCC(C=O)C1C(O)CC2(C)C3=C(CCC12C)C1(C)CCC(O)C(C)(C)C1CC3)C(=O)O. The predicted octanol–water partition coefficient (Wildman–Crippen LogP) is 5.69. The van der Waals surface area contributed by atoms with Gasteiger partial charge in [0.2, 0.25) is 0 Å². The molecule has 8 atom stereocenters. The summed E-state index contributed by atoms with van der Waals surface area (Å²) in [5, 5.41) is 31.4. The van der Waals surface area contributed by atoms with E-state index in [9.17, 15) is 19.8 Å². The zero-order chi connectivity index (χ0) is 26.0. The lowest BCUT2D eigenvalue weighted by atomic mass is 9.43. The van der Waals surface area contributed by atoms with Gasteiger partial charge in [0.15, 0.2) is 0 Å². The Hall–Kier alpha value is -1.46. The van der Waals surface area contributed by atoms with E-state index in [-0.39, 0.29) is 39.6 Å². The number of rotatable bonds is 6. The van der Waals surface area contributed by atoms with E-state index in [4.69, 9.17) is 5.11 Å². The molecule has 5 heteroatoms. The molecule has 4 aliphatic carbocycles. The Kier molecular flexibility index (Phi) is 6.71.